The fraction of sp³-hybridized carbons (Fsp3) is 0.250. The van der Waals surface area contributed by atoms with E-state index in [4.69, 9.17) is 4.98 Å². The number of rotatable bonds is 7. The zero-order valence-corrected chi connectivity index (χ0v) is 24.5. The third kappa shape index (κ3) is 5.99. The third-order valence-corrected chi connectivity index (χ3v) is 7.65. The first-order valence-corrected chi connectivity index (χ1v) is 14.2. The van der Waals surface area contributed by atoms with Gasteiger partial charge in [-0.05, 0) is 78.8 Å². The monoisotopic (exact) mass is 543 g/mol. The Kier molecular flexibility index (Phi) is 7.89. The zero-order chi connectivity index (χ0) is 29.1. The number of amides is 1. The average Bonchev–Trinajstić information content (AvgIpc) is 2.97. The molecule has 0 N–H and O–H groups in total. The van der Waals surface area contributed by atoms with Crippen LogP contribution in [0.3, 0.4) is 0 Å². The Labute approximate surface area is 242 Å². The number of nitrogens with zero attached hydrogens (tertiary/aromatic N) is 3. The number of aryl methyl sites for hydroxylation is 1. The fourth-order valence-electron chi connectivity index (χ4n) is 5.23. The van der Waals surface area contributed by atoms with Gasteiger partial charge in [0.15, 0.2) is 0 Å². The van der Waals surface area contributed by atoms with Crippen LogP contribution in [0, 0.1) is 6.92 Å². The Balaban J connectivity index is 1.63. The summed E-state index contributed by atoms with van der Waals surface area (Å²) < 4.78 is 1.67. The van der Waals surface area contributed by atoms with Gasteiger partial charge in [-0.15, -0.1) is 0 Å². The third-order valence-electron chi connectivity index (χ3n) is 7.65. The van der Waals surface area contributed by atoms with E-state index in [0.29, 0.717) is 35.3 Å². The van der Waals surface area contributed by atoms with Crippen molar-refractivity contribution in [2.24, 2.45) is 0 Å². The average molecular weight is 544 g/mol. The summed E-state index contributed by atoms with van der Waals surface area (Å²) in [6.45, 7) is 10.9. The van der Waals surface area contributed by atoms with Gasteiger partial charge in [-0.3, -0.25) is 14.2 Å². The van der Waals surface area contributed by atoms with Gasteiger partial charge in [0.05, 0.1) is 22.6 Å². The van der Waals surface area contributed by atoms with E-state index in [2.05, 4.69) is 32.9 Å². The van der Waals surface area contributed by atoms with E-state index < -0.39 is 6.04 Å². The van der Waals surface area contributed by atoms with Crippen LogP contribution in [0.2, 0.25) is 0 Å². The van der Waals surface area contributed by atoms with Gasteiger partial charge in [-0.2, -0.15) is 0 Å². The predicted octanol–water partition coefficient (Wildman–Crippen LogP) is 7.44. The molecule has 0 aliphatic carbocycles. The lowest BCUT2D eigenvalue weighted by atomic mass is 9.86. The molecule has 5 rings (SSSR count). The van der Waals surface area contributed by atoms with Crippen molar-refractivity contribution in [3.63, 3.8) is 0 Å². The molecule has 1 amide bonds. The highest BCUT2D eigenvalue weighted by Crippen LogP contribution is 2.27. The summed E-state index contributed by atoms with van der Waals surface area (Å²) in [6, 6.07) is 32.8. The number of hydrogen-bond acceptors (Lipinski definition) is 3. The zero-order valence-electron chi connectivity index (χ0n) is 24.5. The number of benzene rings is 4. The van der Waals surface area contributed by atoms with Crippen molar-refractivity contribution in [3.05, 3.63) is 142 Å². The minimum Gasteiger partial charge on any atom is -0.328 e. The first-order chi connectivity index (χ1) is 19.6. The van der Waals surface area contributed by atoms with E-state index in [1.807, 2.05) is 104 Å². The second kappa shape index (κ2) is 11.5. The van der Waals surface area contributed by atoms with Crippen molar-refractivity contribution in [3.8, 4) is 5.69 Å². The molecule has 5 heteroatoms. The smallest absolute Gasteiger partial charge is 0.266 e. The molecule has 0 spiro atoms. The van der Waals surface area contributed by atoms with E-state index in [-0.39, 0.29) is 16.9 Å². The van der Waals surface area contributed by atoms with E-state index in [9.17, 15) is 9.59 Å². The van der Waals surface area contributed by atoms with E-state index in [1.54, 1.807) is 10.6 Å². The van der Waals surface area contributed by atoms with Gasteiger partial charge >= 0.3 is 0 Å². The van der Waals surface area contributed by atoms with E-state index in [1.165, 1.54) is 5.56 Å². The highest BCUT2D eigenvalue weighted by molar-refractivity contribution is 5.94. The molecule has 41 heavy (non-hydrogen) atoms. The van der Waals surface area contributed by atoms with Gasteiger partial charge in [0, 0.05) is 12.1 Å². The molecule has 1 aromatic heterocycles. The Morgan fingerprint density at radius 3 is 2.24 bits per heavy atom. The molecule has 0 bridgehead atoms. The topological polar surface area (TPSA) is 55.2 Å². The van der Waals surface area contributed by atoms with Crippen LogP contribution in [-0.4, -0.2) is 26.9 Å². The molecule has 0 fully saturated rings. The fourth-order valence-corrected chi connectivity index (χ4v) is 5.23. The van der Waals surface area contributed by atoms with Crippen LogP contribution in [0.15, 0.2) is 108 Å². The van der Waals surface area contributed by atoms with E-state index in [0.717, 1.165) is 16.8 Å². The molecular weight excluding hydrogens is 506 g/mol. The van der Waals surface area contributed by atoms with Crippen molar-refractivity contribution < 1.29 is 4.79 Å². The minimum absolute atomic E-state index is 0.0131. The van der Waals surface area contributed by atoms with Gasteiger partial charge in [-0.1, -0.05) is 87.5 Å². The largest absolute Gasteiger partial charge is 0.328 e. The van der Waals surface area contributed by atoms with Crippen molar-refractivity contribution in [2.75, 3.05) is 6.54 Å². The predicted molar refractivity (Wildman–Crippen MR) is 167 cm³/mol. The number of carbonyl (C=O) groups is 1. The summed E-state index contributed by atoms with van der Waals surface area (Å²) in [6.07, 6.45) is 0.680. The van der Waals surface area contributed by atoms with Crippen molar-refractivity contribution >= 4 is 16.8 Å². The van der Waals surface area contributed by atoms with Crippen LogP contribution < -0.4 is 5.56 Å². The summed E-state index contributed by atoms with van der Waals surface area (Å²) in [5, 5.41) is 0.546. The Morgan fingerprint density at radius 1 is 0.878 bits per heavy atom. The van der Waals surface area contributed by atoms with Crippen molar-refractivity contribution in [1.82, 2.24) is 14.5 Å². The number of fused-ring (bicyclic) bond motifs is 1. The van der Waals surface area contributed by atoms with Gasteiger partial charge in [0.2, 0.25) is 0 Å². The molecule has 1 unspecified atom stereocenters. The lowest BCUT2D eigenvalue weighted by molar-refractivity contribution is 0.0683. The lowest BCUT2D eigenvalue weighted by Crippen LogP contribution is -2.38. The minimum atomic E-state index is -0.480. The second-order valence-corrected chi connectivity index (χ2v) is 11.7. The quantitative estimate of drug-likeness (QED) is 0.214. The molecule has 208 valence electrons. The standard InChI is InChI=1S/C36H37N3O2/c1-25-12-11-15-30(24-25)39-33(37-32-17-10-9-16-31(32)35(39)41)26(2)38(23-22-27-13-7-6-8-14-27)34(40)28-18-20-29(21-19-28)36(3,4)5/h6-21,24,26H,22-23H2,1-5H3. The summed E-state index contributed by atoms with van der Waals surface area (Å²) in [7, 11) is 0. The number of hydrogen-bond donors (Lipinski definition) is 0. The van der Waals surface area contributed by atoms with Crippen LogP contribution >= 0.6 is 0 Å². The molecule has 0 aliphatic heterocycles. The SMILES string of the molecule is Cc1cccc(-n2c(C(C)N(CCc3ccccc3)C(=O)c3ccc(C(C)(C)C)cc3)nc3ccccc3c2=O)c1. The molecule has 0 aliphatic rings. The Morgan fingerprint density at radius 2 is 1.56 bits per heavy atom. The van der Waals surface area contributed by atoms with Crippen LogP contribution in [0.1, 0.15) is 66.6 Å². The number of carbonyl (C=O) groups excluding carboxylic acids is 1. The maximum absolute atomic E-state index is 14.2. The second-order valence-electron chi connectivity index (χ2n) is 11.7. The molecular formula is C36H37N3O2. The number of aromatic nitrogens is 2. The molecule has 0 saturated carbocycles. The summed E-state index contributed by atoms with van der Waals surface area (Å²) >= 11 is 0. The summed E-state index contributed by atoms with van der Waals surface area (Å²) in [5.74, 6) is 0.444. The Hall–Kier alpha value is -4.51. The number of para-hydroxylation sites is 1. The molecule has 5 aromatic rings. The maximum atomic E-state index is 14.2. The first kappa shape index (κ1) is 28.0. The molecule has 0 saturated heterocycles. The summed E-state index contributed by atoms with van der Waals surface area (Å²) in [4.78, 5) is 35.0. The van der Waals surface area contributed by atoms with Crippen LogP contribution in [0.25, 0.3) is 16.6 Å². The molecule has 5 nitrogen and oxygen atoms in total. The van der Waals surface area contributed by atoms with E-state index >= 15 is 0 Å². The van der Waals surface area contributed by atoms with Gasteiger partial charge in [0.1, 0.15) is 5.82 Å². The molecule has 1 heterocycles. The normalized spacial score (nSPS) is 12.3. The lowest BCUT2D eigenvalue weighted by Gasteiger charge is -2.31. The highest BCUT2D eigenvalue weighted by atomic mass is 16.2. The highest BCUT2D eigenvalue weighted by Gasteiger charge is 2.28. The van der Waals surface area contributed by atoms with Gasteiger partial charge < -0.3 is 4.90 Å². The van der Waals surface area contributed by atoms with Crippen molar-refractivity contribution in [1.29, 1.82) is 0 Å². The van der Waals surface area contributed by atoms with Crippen LogP contribution in [0.4, 0.5) is 0 Å². The van der Waals surface area contributed by atoms with Crippen molar-refractivity contribution in [2.45, 2.75) is 52.5 Å². The first-order valence-electron chi connectivity index (χ1n) is 14.2. The van der Waals surface area contributed by atoms with Crippen LogP contribution in [-0.2, 0) is 11.8 Å². The maximum Gasteiger partial charge on any atom is 0.266 e. The molecule has 0 radical (unpaired) electrons. The summed E-state index contributed by atoms with van der Waals surface area (Å²) in [5.41, 5.74) is 5.16. The Bertz CT molecular complexity index is 1730. The van der Waals surface area contributed by atoms with Crippen LogP contribution in [0.5, 0.6) is 0 Å². The molecule has 1 atom stereocenters. The molecule has 4 aromatic carbocycles. The van der Waals surface area contributed by atoms with Gasteiger partial charge in [-0.25, -0.2) is 4.98 Å². The van der Waals surface area contributed by atoms with Gasteiger partial charge in [0.25, 0.3) is 11.5 Å².